The van der Waals surface area contributed by atoms with Crippen molar-refractivity contribution in [3.8, 4) is 5.75 Å². The summed E-state index contributed by atoms with van der Waals surface area (Å²) in [7, 11) is 1.53. The highest BCUT2D eigenvalue weighted by molar-refractivity contribution is 9.10. The fraction of sp³-hybridized carbons (Fsp3) is 0.200. The average molecular weight is 303 g/mol. The summed E-state index contributed by atoms with van der Waals surface area (Å²) in [6.07, 6.45) is 0. The fourth-order valence-corrected chi connectivity index (χ4v) is 1.62. The van der Waals surface area contributed by atoms with Crippen molar-refractivity contribution < 1.29 is 19.4 Å². The van der Waals surface area contributed by atoms with Crippen LogP contribution in [0.15, 0.2) is 22.7 Å². The monoisotopic (exact) mass is 302 g/mol. The lowest BCUT2D eigenvalue weighted by molar-refractivity contribution is -0.135. The van der Waals surface area contributed by atoms with E-state index < -0.39 is 18.5 Å². The molecule has 0 saturated carbocycles. The second-order valence-electron chi connectivity index (χ2n) is 3.05. The third-order valence-corrected chi connectivity index (χ3v) is 2.43. The quantitative estimate of drug-likeness (QED) is 0.789. The lowest BCUT2D eigenvalue weighted by atomic mass is 10.3. The van der Waals surface area contributed by atoms with Crippen LogP contribution >= 0.6 is 15.9 Å². The number of carbonyl (C=O) groups excluding carboxylic acids is 1. The summed E-state index contributed by atoms with van der Waals surface area (Å²) in [5, 5.41) is 13.0. The number of nitrogens with one attached hydrogen (secondary N) is 2. The number of ether oxygens (including phenoxy) is 1. The molecule has 17 heavy (non-hydrogen) atoms. The van der Waals surface area contributed by atoms with Gasteiger partial charge >= 0.3 is 12.0 Å². The van der Waals surface area contributed by atoms with Gasteiger partial charge in [0.05, 0.1) is 11.6 Å². The average Bonchev–Trinajstić information content (AvgIpc) is 2.26. The first-order valence-corrected chi connectivity index (χ1v) is 5.42. The van der Waals surface area contributed by atoms with E-state index in [0.717, 1.165) is 0 Å². The van der Waals surface area contributed by atoms with E-state index in [1.54, 1.807) is 18.2 Å². The number of carboxylic acids is 1. The first-order chi connectivity index (χ1) is 8.02. The Bertz CT molecular complexity index is 436. The number of amides is 2. The molecule has 0 bridgehead atoms. The summed E-state index contributed by atoms with van der Waals surface area (Å²) in [5.74, 6) is -0.461. The largest absolute Gasteiger partial charge is 0.496 e. The minimum Gasteiger partial charge on any atom is -0.496 e. The predicted octanol–water partition coefficient (Wildman–Crippen LogP) is 1.66. The maximum atomic E-state index is 11.3. The number of hydrogen-bond donors (Lipinski definition) is 3. The van der Waals surface area contributed by atoms with Gasteiger partial charge in [-0.05, 0) is 34.1 Å². The summed E-state index contributed by atoms with van der Waals surface area (Å²) in [6, 6.07) is 4.39. The Morgan fingerprint density at radius 2 is 2.18 bits per heavy atom. The minimum absolute atomic E-state index is 0.427. The first kappa shape index (κ1) is 13.3. The van der Waals surface area contributed by atoms with Gasteiger partial charge < -0.3 is 20.5 Å². The maximum Gasteiger partial charge on any atom is 0.323 e. The van der Waals surface area contributed by atoms with Crippen molar-refractivity contribution in [2.75, 3.05) is 19.0 Å². The van der Waals surface area contributed by atoms with Crippen molar-refractivity contribution in [2.24, 2.45) is 0 Å². The standard InChI is InChI=1S/C10H11BrN2O4/c1-17-8-3-2-6(4-7(8)11)13-10(16)12-5-9(14)15/h2-4H,5H2,1H3,(H,14,15)(H2,12,13,16). The number of carboxylic acid groups (broad SMARTS) is 1. The number of urea groups is 1. The van der Waals surface area contributed by atoms with Crippen LogP contribution in [0.25, 0.3) is 0 Å². The molecule has 0 saturated heterocycles. The number of rotatable bonds is 4. The fourth-order valence-electron chi connectivity index (χ4n) is 1.08. The summed E-state index contributed by atoms with van der Waals surface area (Å²) in [4.78, 5) is 21.5. The Labute approximate surface area is 106 Å². The molecule has 2 amide bonds. The van der Waals surface area contributed by atoms with Crippen molar-refractivity contribution in [1.29, 1.82) is 0 Å². The van der Waals surface area contributed by atoms with Crippen molar-refractivity contribution in [3.63, 3.8) is 0 Å². The molecule has 0 unspecified atom stereocenters. The van der Waals surface area contributed by atoms with Crippen LogP contribution in [0.3, 0.4) is 0 Å². The molecule has 0 atom stereocenters. The molecule has 0 fully saturated rings. The molecule has 7 heteroatoms. The van der Waals surface area contributed by atoms with Gasteiger partial charge in [0.15, 0.2) is 0 Å². The summed E-state index contributed by atoms with van der Waals surface area (Å²) in [6.45, 7) is -0.427. The van der Waals surface area contributed by atoms with E-state index in [9.17, 15) is 9.59 Å². The number of carbonyl (C=O) groups is 2. The highest BCUT2D eigenvalue weighted by Crippen LogP contribution is 2.27. The number of methoxy groups -OCH3 is 1. The maximum absolute atomic E-state index is 11.3. The third kappa shape index (κ3) is 4.31. The van der Waals surface area contributed by atoms with Crippen LogP contribution < -0.4 is 15.4 Å². The number of hydrogen-bond acceptors (Lipinski definition) is 3. The molecule has 0 aliphatic carbocycles. The van der Waals surface area contributed by atoms with Crippen molar-refractivity contribution in [2.45, 2.75) is 0 Å². The van der Waals surface area contributed by atoms with Crippen LogP contribution in [-0.4, -0.2) is 30.8 Å². The molecule has 3 N–H and O–H groups in total. The van der Waals surface area contributed by atoms with Crippen LogP contribution in [0.4, 0.5) is 10.5 Å². The van der Waals surface area contributed by atoms with Gasteiger partial charge in [-0.15, -0.1) is 0 Å². The highest BCUT2D eigenvalue weighted by atomic mass is 79.9. The first-order valence-electron chi connectivity index (χ1n) is 4.63. The zero-order valence-electron chi connectivity index (χ0n) is 8.99. The molecule has 1 aromatic rings. The summed E-state index contributed by atoms with van der Waals surface area (Å²) >= 11 is 3.27. The van der Waals surface area contributed by atoms with Gasteiger partial charge in [-0.3, -0.25) is 4.79 Å². The van der Waals surface area contributed by atoms with Crippen LogP contribution in [0.1, 0.15) is 0 Å². The number of aliphatic carboxylic acids is 1. The Morgan fingerprint density at radius 1 is 1.47 bits per heavy atom. The van der Waals surface area contributed by atoms with Gasteiger partial charge in [0.25, 0.3) is 0 Å². The summed E-state index contributed by atoms with van der Waals surface area (Å²) in [5.41, 5.74) is 0.528. The van der Waals surface area contributed by atoms with E-state index in [0.29, 0.717) is 15.9 Å². The Kier molecular flexibility index (Phi) is 4.77. The van der Waals surface area contributed by atoms with Crippen molar-refractivity contribution >= 4 is 33.6 Å². The molecular formula is C10H11BrN2O4. The lowest BCUT2D eigenvalue weighted by Crippen LogP contribution is -2.33. The normalized spacial score (nSPS) is 9.53. The van der Waals surface area contributed by atoms with Crippen LogP contribution in [-0.2, 0) is 4.79 Å². The molecule has 6 nitrogen and oxygen atoms in total. The zero-order valence-corrected chi connectivity index (χ0v) is 10.6. The predicted molar refractivity (Wildman–Crippen MR) is 65.4 cm³/mol. The van der Waals surface area contributed by atoms with Gasteiger partial charge in [0.1, 0.15) is 12.3 Å². The molecule has 0 aliphatic heterocycles. The van der Waals surface area contributed by atoms with Gasteiger partial charge in [-0.1, -0.05) is 0 Å². The second-order valence-corrected chi connectivity index (χ2v) is 3.91. The van der Waals surface area contributed by atoms with Crippen LogP contribution in [0.2, 0.25) is 0 Å². The minimum atomic E-state index is -1.10. The second kappa shape index (κ2) is 6.09. The molecule has 0 aromatic heterocycles. The molecule has 0 aliphatic rings. The SMILES string of the molecule is COc1ccc(NC(=O)NCC(=O)O)cc1Br. The van der Waals surface area contributed by atoms with Crippen molar-refractivity contribution in [1.82, 2.24) is 5.32 Å². The Balaban J connectivity index is 2.60. The number of anilines is 1. The van der Waals surface area contributed by atoms with E-state index in [1.165, 1.54) is 7.11 Å². The molecule has 92 valence electrons. The summed E-state index contributed by atoms with van der Waals surface area (Å²) < 4.78 is 5.72. The molecular weight excluding hydrogens is 292 g/mol. The number of halogens is 1. The molecule has 0 radical (unpaired) electrons. The Hall–Kier alpha value is -1.76. The number of benzene rings is 1. The molecule has 1 rings (SSSR count). The molecule has 0 spiro atoms. The van der Waals surface area contributed by atoms with Gasteiger partial charge in [-0.2, -0.15) is 0 Å². The van der Waals surface area contributed by atoms with Crippen molar-refractivity contribution in [3.05, 3.63) is 22.7 Å². The van der Waals surface area contributed by atoms with Gasteiger partial charge in [0, 0.05) is 5.69 Å². The lowest BCUT2D eigenvalue weighted by Gasteiger charge is -2.08. The third-order valence-electron chi connectivity index (χ3n) is 1.81. The molecule has 0 heterocycles. The topological polar surface area (TPSA) is 87.7 Å². The Morgan fingerprint density at radius 3 is 2.71 bits per heavy atom. The highest BCUT2D eigenvalue weighted by Gasteiger charge is 2.06. The van der Waals surface area contributed by atoms with E-state index in [-0.39, 0.29) is 0 Å². The smallest absolute Gasteiger partial charge is 0.323 e. The van der Waals surface area contributed by atoms with Crippen LogP contribution in [0.5, 0.6) is 5.75 Å². The van der Waals surface area contributed by atoms with Gasteiger partial charge in [0.2, 0.25) is 0 Å². The van der Waals surface area contributed by atoms with E-state index >= 15 is 0 Å². The molecule has 1 aromatic carbocycles. The van der Waals surface area contributed by atoms with Gasteiger partial charge in [-0.25, -0.2) is 4.79 Å². The zero-order chi connectivity index (χ0) is 12.8. The van der Waals surface area contributed by atoms with E-state index in [4.69, 9.17) is 9.84 Å². The van der Waals surface area contributed by atoms with E-state index in [1.807, 2.05) is 0 Å². The van der Waals surface area contributed by atoms with Crippen LogP contribution in [0, 0.1) is 0 Å². The van der Waals surface area contributed by atoms with E-state index in [2.05, 4.69) is 26.6 Å².